The van der Waals surface area contributed by atoms with Crippen molar-refractivity contribution in [2.24, 2.45) is 11.7 Å². The highest BCUT2D eigenvalue weighted by molar-refractivity contribution is 7.99. The molecule has 0 spiro atoms. The van der Waals surface area contributed by atoms with Crippen LogP contribution in [0.4, 0.5) is 0 Å². The lowest BCUT2D eigenvalue weighted by molar-refractivity contribution is -0.120. The molecule has 3 nitrogen and oxygen atoms in total. The van der Waals surface area contributed by atoms with E-state index >= 15 is 0 Å². The fourth-order valence-corrected chi connectivity index (χ4v) is 2.15. The Morgan fingerprint density at radius 3 is 2.61 bits per heavy atom. The summed E-state index contributed by atoms with van der Waals surface area (Å²) >= 11 is 1.81. The first-order valence-electron chi connectivity index (χ1n) is 6.34. The second kappa shape index (κ2) is 8.16. The van der Waals surface area contributed by atoms with Crippen LogP contribution in [0.5, 0.6) is 0 Å². The summed E-state index contributed by atoms with van der Waals surface area (Å²) in [6.45, 7) is 5.41. The van der Waals surface area contributed by atoms with Crippen LogP contribution in [0, 0.1) is 5.92 Å². The third-order valence-corrected chi connectivity index (χ3v) is 3.54. The Morgan fingerprint density at radius 1 is 1.39 bits per heavy atom. The fraction of sp³-hybridized carbons (Fsp3) is 0.500. The highest BCUT2D eigenvalue weighted by Crippen LogP contribution is 2.17. The van der Waals surface area contributed by atoms with Crippen LogP contribution in [0.2, 0.25) is 0 Å². The summed E-state index contributed by atoms with van der Waals surface area (Å²) in [6, 6.07) is 8.17. The van der Waals surface area contributed by atoms with E-state index in [9.17, 15) is 4.79 Å². The molecule has 4 heteroatoms. The summed E-state index contributed by atoms with van der Waals surface area (Å²) in [5.74, 6) is 1.46. The molecule has 0 saturated carbocycles. The molecule has 0 radical (unpaired) electrons. The molecule has 1 atom stereocenters. The Labute approximate surface area is 114 Å². The molecule has 1 rings (SSSR count). The maximum atomic E-state index is 11.7. The third kappa shape index (κ3) is 5.56. The molecule has 1 amide bonds. The van der Waals surface area contributed by atoms with Gasteiger partial charge in [-0.05, 0) is 35.9 Å². The van der Waals surface area contributed by atoms with Gasteiger partial charge in [0.25, 0.3) is 0 Å². The molecule has 0 saturated heterocycles. The first kappa shape index (κ1) is 15.1. The lowest BCUT2D eigenvalue weighted by atomic mass is 10.1. The van der Waals surface area contributed by atoms with Gasteiger partial charge in [0.15, 0.2) is 0 Å². The number of carbonyl (C=O) groups excluding carboxylic acids is 1. The number of amides is 1. The van der Waals surface area contributed by atoms with Gasteiger partial charge in [-0.3, -0.25) is 4.79 Å². The van der Waals surface area contributed by atoms with E-state index in [0.717, 1.165) is 11.3 Å². The fourth-order valence-electron chi connectivity index (χ4n) is 1.49. The maximum Gasteiger partial charge on any atom is 0.224 e. The lowest BCUT2D eigenvalue weighted by Crippen LogP contribution is -2.32. The topological polar surface area (TPSA) is 55.1 Å². The Balaban J connectivity index is 2.39. The van der Waals surface area contributed by atoms with E-state index in [1.807, 2.05) is 19.1 Å². The van der Waals surface area contributed by atoms with E-state index in [1.165, 1.54) is 4.90 Å². The predicted molar refractivity (Wildman–Crippen MR) is 77.8 cm³/mol. The van der Waals surface area contributed by atoms with Crippen LogP contribution >= 0.6 is 11.8 Å². The molecule has 1 unspecified atom stereocenters. The molecule has 3 N–H and O–H groups in total. The third-order valence-electron chi connectivity index (χ3n) is 2.65. The zero-order chi connectivity index (χ0) is 13.4. The molecule has 18 heavy (non-hydrogen) atoms. The van der Waals surface area contributed by atoms with E-state index in [-0.39, 0.29) is 5.91 Å². The number of benzene rings is 1. The Kier molecular flexibility index (Phi) is 6.83. The largest absolute Gasteiger partial charge is 0.356 e. The van der Waals surface area contributed by atoms with Gasteiger partial charge in [-0.25, -0.2) is 0 Å². The van der Waals surface area contributed by atoms with Gasteiger partial charge >= 0.3 is 0 Å². The van der Waals surface area contributed by atoms with Gasteiger partial charge < -0.3 is 11.1 Å². The molecule has 0 fully saturated rings. The minimum atomic E-state index is 0.0613. The number of rotatable bonds is 7. The molecule has 1 aromatic carbocycles. The highest BCUT2D eigenvalue weighted by Gasteiger charge is 2.05. The van der Waals surface area contributed by atoms with E-state index in [1.54, 1.807) is 11.8 Å². The second-order valence-corrected chi connectivity index (χ2v) is 5.74. The minimum absolute atomic E-state index is 0.0613. The molecule has 1 aromatic rings. The summed E-state index contributed by atoms with van der Waals surface area (Å²) in [5.41, 5.74) is 6.55. The number of nitrogens with one attached hydrogen (secondary N) is 1. The van der Waals surface area contributed by atoms with Crippen molar-refractivity contribution < 1.29 is 4.79 Å². The van der Waals surface area contributed by atoms with Gasteiger partial charge in [0, 0.05) is 11.4 Å². The average molecular weight is 266 g/mol. The molecule has 0 aliphatic heterocycles. The Bertz CT molecular complexity index is 365. The molecular formula is C14H22N2OS. The number of nitrogens with two attached hydrogens (primary N) is 1. The van der Waals surface area contributed by atoms with Crippen molar-refractivity contribution in [3.05, 3.63) is 29.8 Å². The highest BCUT2D eigenvalue weighted by atomic mass is 32.2. The van der Waals surface area contributed by atoms with Gasteiger partial charge in [-0.2, -0.15) is 0 Å². The van der Waals surface area contributed by atoms with E-state index in [0.29, 0.717) is 25.4 Å². The summed E-state index contributed by atoms with van der Waals surface area (Å²) < 4.78 is 0. The van der Waals surface area contributed by atoms with Gasteiger partial charge in [-0.15, -0.1) is 11.8 Å². The minimum Gasteiger partial charge on any atom is -0.356 e. The average Bonchev–Trinajstić information content (AvgIpc) is 2.38. The molecule has 0 aliphatic carbocycles. The van der Waals surface area contributed by atoms with Crippen molar-refractivity contribution in [2.45, 2.75) is 25.2 Å². The van der Waals surface area contributed by atoms with Crippen LogP contribution in [0.1, 0.15) is 19.4 Å². The van der Waals surface area contributed by atoms with Crippen molar-refractivity contribution >= 4 is 17.7 Å². The predicted octanol–water partition coefficient (Wildman–Crippen LogP) is 2.05. The number of hydrogen-bond acceptors (Lipinski definition) is 3. The first-order valence-corrected chi connectivity index (χ1v) is 7.32. The number of hydrogen-bond donors (Lipinski definition) is 2. The molecule has 100 valence electrons. The van der Waals surface area contributed by atoms with Crippen LogP contribution in [-0.2, 0) is 11.2 Å². The summed E-state index contributed by atoms with van der Waals surface area (Å²) in [4.78, 5) is 12.9. The SMILES string of the molecule is CCSc1ccc(CC(=O)NCC(C)CN)cc1. The smallest absolute Gasteiger partial charge is 0.224 e. The zero-order valence-corrected chi connectivity index (χ0v) is 11.9. The normalized spacial score (nSPS) is 12.2. The van der Waals surface area contributed by atoms with Crippen molar-refractivity contribution in [3.8, 4) is 0 Å². The second-order valence-electron chi connectivity index (χ2n) is 4.40. The van der Waals surface area contributed by atoms with Gasteiger partial charge in [0.1, 0.15) is 0 Å². The van der Waals surface area contributed by atoms with Crippen LogP contribution in [0.25, 0.3) is 0 Å². The van der Waals surface area contributed by atoms with Crippen LogP contribution in [0.3, 0.4) is 0 Å². The summed E-state index contributed by atoms with van der Waals surface area (Å²) in [6.07, 6.45) is 0.439. The van der Waals surface area contributed by atoms with Crippen molar-refractivity contribution in [1.29, 1.82) is 0 Å². The molecular weight excluding hydrogens is 244 g/mol. The number of carbonyl (C=O) groups is 1. The summed E-state index contributed by atoms with van der Waals surface area (Å²) in [5, 5.41) is 2.90. The zero-order valence-electron chi connectivity index (χ0n) is 11.1. The summed E-state index contributed by atoms with van der Waals surface area (Å²) in [7, 11) is 0. The van der Waals surface area contributed by atoms with Crippen molar-refractivity contribution in [2.75, 3.05) is 18.8 Å². The van der Waals surface area contributed by atoms with Crippen LogP contribution in [-0.4, -0.2) is 24.7 Å². The van der Waals surface area contributed by atoms with Crippen LogP contribution in [0.15, 0.2) is 29.2 Å². The van der Waals surface area contributed by atoms with Crippen LogP contribution < -0.4 is 11.1 Å². The molecule has 0 aromatic heterocycles. The van der Waals surface area contributed by atoms with Gasteiger partial charge in [0.2, 0.25) is 5.91 Å². The Morgan fingerprint density at radius 2 is 2.06 bits per heavy atom. The van der Waals surface area contributed by atoms with E-state index in [4.69, 9.17) is 5.73 Å². The van der Waals surface area contributed by atoms with Crippen molar-refractivity contribution in [1.82, 2.24) is 5.32 Å². The van der Waals surface area contributed by atoms with E-state index < -0.39 is 0 Å². The van der Waals surface area contributed by atoms with Gasteiger partial charge in [-0.1, -0.05) is 26.0 Å². The van der Waals surface area contributed by atoms with Crippen molar-refractivity contribution in [3.63, 3.8) is 0 Å². The standard InChI is InChI=1S/C14H22N2OS/c1-3-18-13-6-4-12(5-7-13)8-14(17)16-10-11(2)9-15/h4-7,11H,3,8-10,15H2,1-2H3,(H,16,17). The van der Waals surface area contributed by atoms with E-state index in [2.05, 4.69) is 24.4 Å². The first-order chi connectivity index (χ1) is 8.65. The monoisotopic (exact) mass is 266 g/mol. The molecule has 0 aliphatic rings. The number of thioether (sulfide) groups is 1. The molecule has 0 heterocycles. The molecule has 0 bridgehead atoms. The maximum absolute atomic E-state index is 11.7. The Hall–Kier alpha value is -1.00. The van der Waals surface area contributed by atoms with Gasteiger partial charge in [0.05, 0.1) is 6.42 Å². The quantitative estimate of drug-likeness (QED) is 0.743. The lowest BCUT2D eigenvalue weighted by Gasteiger charge is -2.10.